The molecule has 3 nitrogen and oxygen atoms in total. The molecule has 2 rings (SSSR count). The molecule has 0 aliphatic carbocycles. The van der Waals surface area contributed by atoms with Gasteiger partial charge < -0.3 is 5.32 Å². The van der Waals surface area contributed by atoms with Crippen LogP contribution in [-0.2, 0) is 4.79 Å². The molecule has 0 bridgehead atoms. The second kappa shape index (κ2) is 7.54. The molecule has 114 valence electrons. The number of aromatic nitrogens is 1. The minimum atomic E-state index is -0.176. The van der Waals surface area contributed by atoms with Crippen LogP contribution in [-0.4, -0.2) is 10.9 Å². The molecule has 0 fully saturated rings. The SMILES string of the molecule is Cc1cc(I)cnc1NC(=O)/C=C/c1ccc(C(C)C)cc1. The van der Waals surface area contributed by atoms with E-state index in [1.807, 2.05) is 31.2 Å². The molecular weight excluding hydrogens is 387 g/mol. The largest absolute Gasteiger partial charge is 0.307 e. The lowest BCUT2D eigenvalue weighted by atomic mass is 10.0. The van der Waals surface area contributed by atoms with Gasteiger partial charge >= 0.3 is 0 Å². The predicted octanol–water partition coefficient (Wildman–Crippen LogP) is 4.77. The molecule has 4 heteroatoms. The van der Waals surface area contributed by atoms with E-state index in [1.165, 1.54) is 11.6 Å². The summed E-state index contributed by atoms with van der Waals surface area (Å²) in [5, 5.41) is 2.80. The molecule has 0 radical (unpaired) electrons. The number of benzene rings is 1. The molecule has 0 atom stereocenters. The van der Waals surface area contributed by atoms with Crippen LogP contribution in [0, 0.1) is 10.5 Å². The van der Waals surface area contributed by atoms with Crippen molar-refractivity contribution in [1.29, 1.82) is 0 Å². The maximum atomic E-state index is 12.0. The highest BCUT2D eigenvalue weighted by atomic mass is 127. The first kappa shape index (κ1) is 16.7. The number of aryl methyl sites for hydroxylation is 1. The van der Waals surface area contributed by atoms with Gasteiger partial charge in [-0.3, -0.25) is 4.79 Å². The number of anilines is 1. The van der Waals surface area contributed by atoms with Crippen LogP contribution in [0.15, 0.2) is 42.6 Å². The molecule has 0 saturated heterocycles. The summed E-state index contributed by atoms with van der Waals surface area (Å²) in [5.74, 6) is 0.936. The normalized spacial score (nSPS) is 11.1. The van der Waals surface area contributed by atoms with Crippen molar-refractivity contribution in [2.24, 2.45) is 0 Å². The van der Waals surface area contributed by atoms with Crippen molar-refractivity contribution in [2.45, 2.75) is 26.7 Å². The van der Waals surface area contributed by atoms with Crippen molar-refractivity contribution in [3.05, 3.63) is 62.9 Å². The Balaban J connectivity index is 2.01. The lowest BCUT2D eigenvalue weighted by Gasteiger charge is -2.06. The number of halogens is 1. The molecule has 1 amide bonds. The lowest BCUT2D eigenvalue weighted by Crippen LogP contribution is -2.10. The van der Waals surface area contributed by atoms with Gasteiger partial charge in [0.05, 0.1) is 0 Å². The minimum absolute atomic E-state index is 0.176. The van der Waals surface area contributed by atoms with E-state index in [0.29, 0.717) is 11.7 Å². The van der Waals surface area contributed by atoms with E-state index < -0.39 is 0 Å². The Morgan fingerprint density at radius 2 is 1.95 bits per heavy atom. The van der Waals surface area contributed by atoms with Gasteiger partial charge in [0.15, 0.2) is 0 Å². The summed E-state index contributed by atoms with van der Waals surface area (Å²) in [5.41, 5.74) is 3.25. The fourth-order valence-corrected chi connectivity index (χ4v) is 2.60. The van der Waals surface area contributed by atoms with Crippen LogP contribution < -0.4 is 5.32 Å². The number of amides is 1. The maximum Gasteiger partial charge on any atom is 0.249 e. The third-order valence-electron chi connectivity index (χ3n) is 3.32. The lowest BCUT2D eigenvalue weighted by molar-refractivity contribution is -0.111. The molecule has 1 N–H and O–H groups in total. The Morgan fingerprint density at radius 3 is 2.55 bits per heavy atom. The Hall–Kier alpha value is -1.69. The van der Waals surface area contributed by atoms with E-state index in [-0.39, 0.29) is 5.91 Å². The zero-order valence-electron chi connectivity index (χ0n) is 12.9. The summed E-state index contributed by atoms with van der Waals surface area (Å²) in [6.07, 6.45) is 5.07. The topological polar surface area (TPSA) is 42.0 Å². The number of nitrogens with one attached hydrogen (secondary N) is 1. The Bertz CT molecular complexity index is 691. The summed E-state index contributed by atoms with van der Waals surface area (Å²) >= 11 is 2.20. The Morgan fingerprint density at radius 1 is 1.27 bits per heavy atom. The van der Waals surface area contributed by atoms with Gasteiger partial charge in [-0.25, -0.2) is 4.98 Å². The average molecular weight is 406 g/mol. The summed E-state index contributed by atoms with van der Waals surface area (Å²) in [4.78, 5) is 16.2. The van der Waals surface area contributed by atoms with Gasteiger partial charge in [0.2, 0.25) is 5.91 Å². The second-order valence-electron chi connectivity index (χ2n) is 5.46. The van der Waals surface area contributed by atoms with Gasteiger partial charge in [-0.2, -0.15) is 0 Å². The highest BCUT2D eigenvalue weighted by Crippen LogP contribution is 2.16. The quantitative estimate of drug-likeness (QED) is 0.587. The summed E-state index contributed by atoms with van der Waals surface area (Å²) in [7, 11) is 0. The molecule has 1 aromatic heterocycles. The van der Waals surface area contributed by atoms with Crippen LogP contribution in [0.2, 0.25) is 0 Å². The van der Waals surface area contributed by atoms with E-state index in [4.69, 9.17) is 0 Å². The highest BCUT2D eigenvalue weighted by molar-refractivity contribution is 14.1. The summed E-state index contributed by atoms with van der Waals surface area (Å²) in [6.45, 7) is 6.25. The molecule has 22 heavy (non-hydrogen) atoms. The third-order valence-corrected chi connectivity index (χ3v) is 3.91. The van der Waals surface area contributed by atoms with Crippen molar-refractivity contribution in [3.63, 3.8) is 0 Å². The summed E-state index contributed by atoms with van der Waals surface area (Å²) in [6, 6.07) is 10.2. The zero-order valence-corrected chi connectivity index (χ0v) is 15.1. The first-order valence-electron chi connectivity index (χ1n) is 7.17. The van der Waals surface area contributed by atoms with Crippen molar-refractivity contribution >= 4 is 40.4 Å². The molecular formula is C18H19IN2O. The van der Waals surface area contributed by atoms with Crippen molar-refractivity contribution < 1.29 is 4.79 Å². The number of hydrogen-bond donors (Lipinski definition) is 1. The number of hydrogen-bond acceptors (Lipinski definition) is 2. The minimum Gasteiger partial charge on any atom is -0.307 e. The van der Waals surface area contributed by atoms with Crippen LogP contribution in [0.25, 0.3) is 6.08 Å². The first-order chi connectivity index (χ1) is 10.5. The van der Waals surface area contributed by atoms with Gasteiger partial charge in [-0.15, -0.1) is 0 Å². The van der Waals surface area contributed by atoms with Crippen LogP contribution in [0.1, 0.15) is 36.5 Å². The number of carbonyl (C=O) groups is 1. The van der Waals surface area contributed by atoms with E-state index in [2.05, 4.69) is 58.9 Å². The van der Waals surface area contributed by atoms with Crippen LogP contribution in [0.4, 0.5) is 5.82 Å². The fourth-order valence-electron chi connectivity index (χ4n) is 1.99. The van der Waals surface area contributed by atoms with Crippen LogP contribution in [0.5, 0.6) is 0 Å². The van der Waals surface area contributed by atoms with E-state index >= 15 is 0 Å². The highest BCUT2D eigenvalue weighted by Gasteiger charge is 2.03. The standard InChI is InChI=1S/C18H19IN2O/c1-12(2)15-7-4-14(5-8-15)6-9-17(22)21-18-13(3)10-16(19)11-20-18/h4-12H,1-3H3,(H,20,21,22)/b9-6+. The molecule has 1 heterocycles. The number of rotatable bonds is 4. The number of carbonyl (C=O) groups excluding carboxylic acids is 1. The molecule has 0 saturated carbocycles. The zero-order chi connectivity index (χ0) is 16.1. The van der Waals surface area contributed by atoms with Gasteiger partial charge in [-0.1, -0.05) is 38.1 Å². The van der Waals surface area contributed by atoms with Crippen molar-refractivity contribution in [1.82, 2.24) is 4.98 Å². The van der Waals surface area contributed by atoms with Gasteiger partial charge in [0, 0.05) is 15.8 Å². The van der Waals surface area contributed by atoms with E-state index in [0.717, 1.165) is 14.7 Å². The number of pyridine rings is 1. The average Bonchev–Trinajstić information content (AvgIpc) is 2.48. The monoisotopic (exact) mass is 406 g/mol. The van der Waals surface area contributed by atoms with Crippen molar-refractivity contribution in [3.8, 4) is 0 Å². The van der Waals surface area contributed by atoms with Crippen molar-refractivity contribution in [2.75, 3.05) is 5.32 Å². The van der Waals surface area contributed by atoms with Gasteiger partial charge in [0.1, 0.15) is 5.82 Å². The molecule has 1 aromatic carbocycles. The smallest absolute Gasteiger partial charge is 0.249 e. The Kier molecular flexibility index (Phi) is 5.71. The van der Waals surface area contributed by atoms with E-state index in [9.17, 15) is 4.79 Å². The maximum absolute atomic E-state index is 12.0. The predicted molar refractivity (Wildman–Crippen MR) is 99.9 cm³/mol. The summed E-state index contributed by atoms with van der Waals surface area (Å²) < 4.78 is 1.05. The second-order valence-corrected chi connectivity index (χ2v) is 6.71. The molecule has 2 aromatic rings. The van der Waals surface area contributed by atoms with Crippen LogP contribution >= 0.6 is 22.6 Å². The number of nitrogens with zero attached hydrogens (tertiary/aromatic N) is 1. The molecule has 0 aliphatic heterocycles. The van der Waals surface area contributed by atoms with Gasteiger partial charge in [0.25, 0.3) is 0 Å². The molecule has 0 spiro atoms. The molecule has 0 aliphatic rings. The third kappa shape index (κ3) is 4.66. The Labute approximate surface area is 145 Å². The van der Waals surface area contributed by atoms with Crippen LogP contribution in [0.3, 0.4) is 0 Å². The van der Waals surface area contributed by atoms with E-state index in [1.54, 1.807) is 6.20 Å². The molecule has 0 unspecified atom stereocenters. The first-order valence-corrected chi connectivity index (χ1v) is 8.25. The fraction of sp³-hybridized carbons (Fsp3) is 0.222. The van der Waals surface area contributed by atoms with Gasteiger partial charge in [-0.05, 0) is 64.3 Å².